The normalized spacial score (nSPS) is 18.5. The number of nitrogens with zero attached hydrogens (tertiary/aromatic N) is 3. The molecule has 0 aromatic carbocycles. The Hall–Kier alpha value is -4.63. The predicted octanol–water partition coefficient (Wildman–Crippen LogP) is 2.76. The van der Waals surface area contributed by atoms with Gasteiger partial charge in [0.25, 0.3) is 12.4 Å². The van der Waals surface area contributed by atoms with Gasteiger partial charge < -0.3 is 25.4 Å². The van der Waals surface area contributed by atoms with Crippen LogP contribution < -0.4 is 10.6 Å². The average molecular weight is 708 g/mol. The molecule has 1 aliphatic heterocycles. The van der Waals surface area contributed by atoms with Gasteiger partial charge in [0.05, 0.1) is 24.8 Å². The third-order valence-corrected chi connectivity index (χ3v) is 8.69. The van der Waals surface area contributed by atoms with Gasteiger partial charge in [0.2, 0.25) is 17.6 Å². The smallest absolute Gasteiger partial charge is 0.381 e. The highest BCUT2D eigenvalue weighted by Gasteiger charge is 2.51. The number of carbonyl (C=O) groups excluding carboxylic acids is 7. The Kier molecular flexibility index (Phi) is 15.3. The van der Waals surface area contributed by atoms with E-state index in [-0.39, 0.29) is 50.3 Å². The first-order valence-corrected chi connectivity index (χ1v) is 16.5. The standard InChI is InChI=1S/C34H47F2N5O9/c1-8-9-22(30(46)34(35,36)33(49)39-20(6)21(7)43)12-28(45)26-13-23(50-17-42)16-41(26)32(48)29(19(4)5)40-31(47)24(18(2)3)14-27(44)25-15-37-10-11-38-25/h10-11,15,17-20,22-24,26,29,43H,7-9,12-14,16H2,1-6H3,(H,39,49)(H,40,47)/t20-,22+,23+,24-,26-,29-/m0/s1. The molecule has 16 heteroatoms. The maximum atomic E-state index is 15.0. The Morgan fingerprint density at radius 1 is 1.08 bits per heavy atom. The molecule has 0 spiro atoms. The van der Waals surface area contributed by atoms with Gasteiger partial charge in [0.1, 0.15) is 23.6 Å². The molecule has 0 unspecified atom stereocenters. The third-order valence-electron chi connectivity index (χ3n) is 8.69. The number of ether oxygens (including phenoxy) is 1. The van der Waals surface area contributed by atoms with Crippen LogP contribution in [0.5, 0.6) is 0 Å². The quantitative estimate of drug-likeness (QED) is 0.0779. The zero-order valence-electron chi connectivity index (χ0n) is 29.2. The van der Waals surface area contributed by atoms with Gasteiger partial charge in [-0.3, -0.25) is 38.5 Å². The molecular weight excluding hydrogens is 660 g/mol. The lowest BCUT2D eigenvalue weighted by Crippen LogP contribution is -2.55. The van der Waals surface area contributed by atoms with Crippen LogP contribution >= 0.6 is 0 Å². The molecule has 1 fully saturated rings. The van der Waals surface area contributed by atoms with Crippen LogP contribution in [0.2, 0.25) is 0 Å². The summed E-state index contributed by atoms with van der Waals surface area (Å²) in [6.07, 6.45) is 1.95. The summed E-state index contributed by atoms with van der Waals surface area (Å²) in [6, 6.07) is -3.79. The SMILES string of the molecule is C=C(O)[C@H](C)NC(=O)C(F)(F)C(=O)[C@H](CCC)CC(=O)[C@@H]1C[C@@H](OC=O)CN1C(=O)[C@@H](NC(=O)[C@@H](CC(=O)c1cnccn1)C(C)C)C(C)C. The van der Waals surface area contributed by atoms with E-state index >= 15 is 8.78 Å². The van der Waals surface area contributed by atoms with E-state index in [1.807, 2.05) is 5.32 Å². The molecule has 3 amide bonds. The fourth-order valence-corrected chi connectivity index (χ4v) is 5.65. The summed E-state index contributed by atoms with van der Waals surface area (Å²) >= 11 is 0. The molecule has 0 radical (unpaired) electrons. The molecule has 6 atom stereocenters. The number of aliphatic hydroxyl groups excluding tert-OH is 1. The van der Waals surface area contributed by atoms with E-state index < -0.39 is 95.2 Å². The van der Waals surface area contributed by atoms with Crippen LogP contribution in [0.4, 0.5) is 8.78 Å². The molecule has 14 nitrogen and oxygen atoms in total. The van der Waals surface area contributed by atoms with Gasteiger partial charge in [0, 0.05) is 43.5 Å². The lowest BCUT2D eigenvalue weighted by Gasteiger charge is -2.32. The van der Waals surface area contributed by atoms with Gasteiger partial charge in [-0.1, -0.05) is 47.6 Å². The van der Waals surface area contributed by atoms with E-state index in [0.717, 1.165) is 4.90 Å². The van der Waals surface area contributed by atoms with Crippen molar-refractivity contribution in [2.75, 3.05) is 6.54 Å². The van der Waals surface area contributed by atoms with Gasteiger partial charge in [-0.2, -0.15) is 8.78 Å². The summed E-state index contributed by atoms with van der Waals surface area (Å²) < 4.78 is 35.1. The van der Waals surface area contributed by atoms with Crippen molar-refractivity contribution in [1.82, 2.24) is 25.5 Å². The minimum Gasteiger partial charge on any atom is -0.511 e. The number of carbonyl (C=O) groups is 7. The fraction of sp³-hybridized carbons (Fsp3) is 0.618. The number of Topliss-reactive ketones (excluding diaryl/α,β-unsaturated/α-hetero) is 3. The Bertz CT molecular complexity index is 1420. The van der Waals surface area contributed by atoms with Crippen molar-refractivity contribution in [3.8, 4) is 0 Å². The number of hydrogen-bond donors (Lipinski definition) is 3. The number of aliphatic hydroxyl groups is 1. The summed E-state index contributed by atoms with van der Waals surface area (Å²) in [6.45, 7) is 12.6. The zero-order valence-corrected chi connectivity index (χ0v) is 29.2. The third kappa shape index (κ3) is 10.7. The number of hydrogen-bond acceptors (Lipinski definition) is 11. The fourth-order valence-electron chi connectivity index (χ4n) is 5.65. The maximum absolute atomic E-state index is 15.0. The van der Waals surface area contributed by atoms with Crippen LogP contribution in [0.15, 0.2) is 30.9 Å². The van der Waals surface area contributed by atoms with Gasteiger partial charge in [-0.05, 0) is 25.2 Å². The number of ketones is 3. The summed E-state index contributed by atoms with van der Waals surface area (Å²) in [4.78, 5) is 99.6. The van der Waals surface area contributed by atoms with E-state index in [2.05, 4.69) is 21.9 Å². The first-order chi connectivity index (χ1) is 23.4. The van der Waals surface area contributed by atoms with Gasteiger partial charge in [-0.15, -0.1) is 0 Å². The highest BCUT2D eigenvalue weighted by Crippen LogP contribution is 2.30. The van der Waals surface area contributed by atoms with Crippen molar-refractivity contribution in [2.24, 2.45) is 23.7 Å². The molecule has 1 aromatic heterocycles. The van der Waals surface area contributed by atoms with Gasteiger partial charge >= 0.3 is 5.92 Å². The first-order valence-electron chi connectivity index (χ1n) is 16.5. The predicted molar refractivity (Wildman–Crippen MR) is 174 cm³/mol. The van der Waals surface area contributed by atoms with E-state index in [1.165, 1.54) is 25.5 Å². The number of aromatic nitrogens is 2. The Balaban J connectivity index is 2.32. The Morgan fingerprint density at radius 3 is 2.26 bits per heavy atom. The molecule has 0 bridgehead atoms. The van der Waals surface area contributed by atoms with Crippen molar-refractivity contribution in [3.05, 3.63) is 36.6 Å². The minimum absolute atomic E-state index is 0.0750. The summed E-state index contributed by atoms with van der Waals surface area (Å²) in [5, 5.41) is 13.9. The zero-order chi connectivity index (χ0) is 37.9. The van der Waals surface area contributed by atoms with Crippen LogP contribution in [0.3, 0.4) is 0 Å². The van der Waals surface area contributed by atoms with E-state index in [0.29, 0.717) is 0 Å². The number of rotatable bonds is 20. The first kappa shape index (κ1) is 41.5. The van der Waals surface area contributed by atoms with Crippen molar-refractivity contribution in [3.63, 3.8) is 0 Å². The highest BCUT2D eigenvalue weighted by molar-refractivity contribution is 6.09. The van der Waals surface area contributed by atoms with Crippen molar-refractivity contribution in [2.45, 2.75) is 104 Å². The average Bonchev–Trinajstić information content (AvgIpc) is 3.49. The second-order valence-corrected chi connectivity index (χ2v) is 13.2. The number of likely N-dealkylation sites (tertiary alicyclic amines) is 1. The highest BCUT2D eigenvalue weighted by atomic mass is 19.3. The monoisotopic (exact) mass is 707 g/mol. The molecule has 0 saturated carbocycles. The molecule has 2 rings (SSSR count). The molecule has 1 aliphatic rings. The molecule has 50 heavy (non-hydrogen) atoms. The van der Waals surface area contributed by atoms with E-state index in [1.54, 1.807) is 34.6 Å². The summed E-state index contributed by atoms with van der Waals surface area (Å²) in [5.41, 5.74) is 0.0750. The number of amides is 3. The molecule has 3 N–H and O–H groups in total. The number of nitrogens with one attached hydrogen (secondary N) is 2. The van der Waals surface area contributed by atoms with Crippen LogP contribution in [0.25, 0.3) is 0 Å². The molecule has 2 heterocycles. The Morgan fingerprint density at radius 2 is 1.74 bits per heavy atom. The Labute approximate surface area is 289 Å². The van der Waals surface area contributed by atoms with Crippen LogP contribution in [0.1, 0.15) is 84.1 Å². The van der Waals surface area contributed by atoms with E-state index in [4.69, 9.17) is 4.74 Å². The van der Waals surface area contributed by atoms with Crippen molar-refractivity contribution >= 4 is 41.5 Å². The number of alkyl halides is 2. The maximum Gasteiger partial charge on any atom is 0.381 e. The largest absolute Gasteiger partial charge is 0.511 e. The molecule has 1 aromatic rings. The molecule has 276 valence electrons. The summed E-state index contributed by atoms with van der Waals surface area (Å²) in [5.74, 6) is -14.8. The van der Waals surface area contributed by atoms with Gasteiger partial charge in [0.15, 0.2) is 11.6 Å². The lowest BCUT2D eigenvalue weighted by atomic mass is 9.87. The van der Waals surface area contributed by atoms with Crippen LogP contribution in [-0.2, 0) is 33.5 Å². The van der Waals surface area contributed by atoms with Gasteiger partial charge in [-0.25, -0.2) is 4.98 Å². The molecule has 0 aliphatic carbocycles. The molecular formula is C34H47F2N5O9. The number of halogens is 2. The minimum atomic E-state index is -4.55. The topological polar surface area (TPSA) is 202 Å². The molecule has 1 saturated heterocycles. The van der Waals surface area contributed by atoms with Crippen LogP contribution in [0, 0.1) is 23.7 Å². The summed E-state index contributed by atoms with van der Waals surface area (Å²) in [7, 11) is 0. The van der Waals surface area contributed by atoms with E-state index in [9.17, 15) is 38.7 Å². The van der Waals surface area contributed by atoms with Crippen molar-refractivity contribution < 1.29 is 52.2 Å². The second-order valence-electron chi connectivity index (χ2n) is 13.2. The lowest BCUT2D eigenvalue weighted by molar-refractivity contribution is -0.162. The van der Waals surface area contributed by atoms with Crippen molar-refractivity contribution in [1.29, 1.82) is 0 Å². The van der Waals surface area contributed by atoms with Crippen LogP contribution in [-0.4, -0.2) is 98.2 Å². The second kappa shape index (κ2) is 18.4.